The molecule has 5 aromatic rings. The van der Waals surface area contributed by atoms with E-state index < -0.39 is 11.8 Å². The third-order valence-electron chi connectivity index (χ3n) is 8.09. The summed E-state index contributed by atoms with van der Waals surface area (Å²) in [6, 6.07) is 20.8. The van der Waals surface area contributed by atoms with E-state index >= 15 is 4.39 Å². The molecule has 0 radical (unpaired) electrons. The summed E-state index contributed by atoms with van der Waals surface area (Å²) >= 11 is 0. The number of halogens is 1. The number of nitriles is 1. The Hall–Kier alpha value is -5.27. The molecule has 7 rings (SSSR count). The Bertz CT molecular complexity index is 1960. The Morgan fingerprint density at radius 2 is 1.93 bits per heavy atom. The highest BCUT2D eigenvalue weighted by Crippen LogP contribution is 2.33. The summed E-state index contributed by atoms with van der Waals surface area (Å²) in [6.45, 7) is 1.70. The average Bonchev–Trinajstić information content (AvgIpc) is 3.34. The third kappa shape index (κ3) is 5.34. The van der Waals surface area contributed by atoms with Gasteiger partial charge in [0, 0.05) is 36.6 Å². The van der Waals surface area contributed by atoms with Crippen LogP contribution in [0.3, 0.4) is 0 Å². The third-order valence-corrected chi connectivity index (χ3v) is 8.09. The minimum Gasteiger partial charge on any atom is -0.493 e. The van der Waals surface area contributed by atoms with Crippen molar-refractivity contribution in [3.8, 4) is 29.0 Å². The van der Waals surface area contributed by atoms with Gasteiger partial charge in [0.05, 0.1) is 53.2 Å². The van der Waals surface area contributed by atoms with Crippen molar-refractivity contribution >= 4 is 17.0 Å². The van der Waals surface area contributed by atoms with E-state index in [9.17, 15) is 15.2 Å². The number of carbonyl (C=O) groups is 1. The van der Waals surface area contributed by atoms with Crippen molar-refractivity contribution in [2.75, 3.05) is 13.2 Å². The van der Waals surface area contributed by atoms with Crippen molar-refractivity contribution in [1.82, 2.24) is 14.5 Å². The van der Waals surface area contributed by atoms with Crippen molar-refractivity contribution in [3.05, 3.63) is 106 Å². The van der Waals surface area contributed by atoms with Crippen LogP contribution in [0.15, 0.2) is 66.7 Å². The van der Waals surface area contributed by atoms with E-state index in [1.165, 1.54) is 12.1 Å². The predicted molar refractivity (Wildman–Crippen MR) is 158 cm³/mol. The van der Waals surface area contributed by atoms with Gasteiger partial charge in [-0.25, -0.2) is 19.2 Å². The Labute approximate surface area is 252 Å². The summed E-state index contributed by atoms with van der Waals surface area (Å²) in [5.41, 5.74) is 5.13. The molecule has 0 spiro atoms. The average molecular weight is 591 g/mol. The molecule has 1 fully saturated rings. The fourth-order valence-electron chi connectivity index (χ4n) is 5.65. The van der Waals surface area contributed by atoms with E-state index in [2.05, 4.69) is 11.1 Å². The van der Waals surface area contributed by atoms with E-state index in [1.54, 1.807) is 42.5 Å². The number of nitrogens with zero attached hydrogens (tertiary/aromatic N) is 4. The molecule has 0 aliphatic carbocycles. The molecule has 1 N–H and O–H groups in total. The lowest BCUT2D eigenvalue weighted by molar-refractivity contribution is -0.0589. The molecule has 2 aromatic heterocycles. The molecule has 2 aliphatic rings. The molecular weight excluding hydrogens is 563 g/mol. The summed E-state index contributed by atoms with van der Waals surface area (Å²) in [7, 11) is 0. The largest absolute Gasteiger partial charge is 0.493 e. The highest BCUT2D eigenvalue weighted by molar-refractivity contribution is 5.92. The molecule has 3 aromatic carbocycles. The number of benzene rings is 3. The van der Waals surface area contributed by atoms with Gasteiger partial charge in [0.25, 0.3) is 0 Å². The minimum atomic E-state index is -1.02. The Morgan fingerprint density at radius 1 is 1.05 bits per heavy atom. The van der Waals surface area contributed by atoms with Gasteiger partial charge in [0.1, 0.15) is 24.0 Å². The number of aromatic carboxylic acids is 1. The number of carboxylic acid groups (broad SMARTS) is 1. The predicted octanol–water partition coefficient (Wildman–Crippen LogP) is 5.70. The number of rotatable bonds is 5. The zero-order chi connectivity index (χ0) is 30.2. The maximum absolute atomic E-state index is 15.8. The first-order valence-corrected chi connectivity index (χ1v) is 14.4. The molecule has 9 nitrogen and oxygen atoms in total. The van der Waals surface area contributed by atoms with E-state index in [-0.39, 0.29) is 36.9 Å². The first-order chi connectivity index (χ1) is 21.4. The minimum absolute atomic E-state index is 0.0112. The lowest BCUT2D eigenvalue weighted by Gasteiger charge is -2.27. The Balaban J connectivity index is 1.31. The number of ether oxygens (including phenoxy) is 3. The SMILES string of the molecule is N#Cc1ccc2c(c1)CCOc1cc(c(F)cc1Cc1nc3ccc(C(=O)O)cc3n1C[C@@H]1CCO1)-c1cccc(n1)OC2. The molecule has 0 saturated carbocycles. The molecule has 2 aliphatic heterocycles. The number of carboxylic acids is 1. The van der Waals surface area contributed by atoms with Gasteiger partial charge in [-0.3, -0.25) is 0 Å². The van der Waals surface area contributed by atoms with E-state index in [4.69, 9.17) is 19.2 Å². The maximum atomic E-state index is 15.8. The van der Waals surface area contributed by atoms with E-state index in [0.717, 1.165) is 17.5 Å². The second kappa shape index (κ2) is 11.4. The van der Waals surface area contributed by atoms with Crippen molar-refractivity contribution < 1.29 is 28.5 Å². The van der Waals surface area contributed by atoms with Gasteiger partial charge < -0.3 is 23.9 Å². The first kappa shape index (κ1) is 27.6. The van der Waals surface area contributed by atoms with Crippen LogP contribution in [-0.4, -0.2) is 44.9 Å². The normalized spacial score (nSPS) is 15.8. The molecule has 1 atom stereocenters. The van der Waals surface area contributed by atoms with Crippen molar-refractivity contribution in [2.24, 2.45) is 0 Å². The smallest absolute Gasteiger partial charge is 0.335 e. The first-order valence-electron chi connectivity index (χ1n) is 14.4. The van der Waals surface area contributed by atoms with Gasteiger partial charge >= 0.3 is 5.97 Å². The van der Waals surface area contributed by atoms with Gasteiger partial charge in [-0.05, 0) is 66.1 Å². The number of hydrogen-bond acceptors (Lipinski definition) is 7. The summed E-state index contributed by atoms with van der Waals surface area (Å²) in [6.07, 6.45) is 1.62. The second-order valence-corrected chi connectivity index (χ2v) is 10.9. The van der Waals surface area contributed by atoms with Crippen LogP contribution in [0.25, 0.3) is 22.3 Å². The fraction of sp³-hybridized carbons (Fsp3) is 0.235. The van der Waals surface area contributed by atoms with E-state index in [0.29, 0.717) is 64.9 Å². The summed E-state index contributed by atoms with van der Waals surface area (Å²) < 4.78 is 35.8. The molecule has 1 saturated heterocycles. The highest BCUT2D eigenvalue weighted by atomic mass is 19.1. The number of pyridine rings is 1. The zero-order valence-electron chi connectivity index (χ0n) is 23.6. The summed E-state index contributed by atoms with van der Waals surface area (Å²) in [5.74, 6) is -0.00505. The van der Waals surface area contributed by atoms with Crippen molar-refractivity contribution in [3.63, 3.8) is 0 Å². The van der Waals surface area contributed by atoms with Crippen LogP contribution >= 0.6 is 0 Å². The summed E-state index contributed by atoms with van der Waals surface area (Å²) in [4.78, 5) is 21.1. The number of fused-ring (bicyclic) bond motifs is 7. The molecule has 4 bridgehead atoms. The van der Waals surface area contributed by atoms with Crippen LogP contribution in [0.5, 0.6) is 11.6 Å². The van der Waals surface area contributed by atoms with Crippen LogP contribution in [0.2, 0.25) is 0 Å². The quantitative estimate of drug-likeness (QED) is 0.277. The van der Waals surface area contributed by atoms with Gasteiger partial charge in [-0.1, -0.05) is 12.1 Å². The van der Waals surface area contributed by atoms with Crippen LogP contribution in [0.1, 0.15) is 44.9 Å². The van der Waals surface area contributed by atoms with Crippen LogP contribution in [0.4, 0.5) is 4.39 Å². The number of imidazole rings is 1. The van der Waals surface area contributed by atoms with Crippen LogP contribution in [0, 0.1) is 17.1 Å². The van der Waals surface area contributed by atoms with E-state index in [1.807, 2.05) is 16.7 Å². The molecule has 0 amide bonds. The number of hydrogen-bond donors (Lipinski definition) is 1. The van der Waals surface area contributed by atoms with Crippen molar-refractivity contribution in [2.45, 2.75) is 38.5 Å². The van der Waals surface area contributed by atoms with Crippen molar-refractivity contribution in [1.29, 1.82) is 5.26 Å². The summed E-state index contributed by atoms with van der Waals surface area (Å²) in [5, 5.41) is 19.1. The topological polar surface area (TPSA) is 119 Å². The maximum Gasteiger partial charge on any atom is 0.335 e. The van der Waals surface area contributed by atoms with Crippen LogP contribution < -0.4 is 9.47 Å². The van der Waals surface area contributed by atoms with Gasteiger partial charge in [0.15, 0.2) is 0 Å². The lowest BCUT2D eigenvalue weighted by atomic mass is 10.0. The van der Waals surface area contributed by atoms with Crippen LogP contribution in [-0.2, 0) is 30.7 Å². The molecule has 220 valence electrons. The molecule has 44 heavy (non-hydrogen) atoms. The molecule has 4 heterocycles. The monoisotopic (exact) mass is 590 g/mol. The second-order valence-electron chi connectivity index (χ2n) is 10.9. The fourth-order valence-corrected chi connectivity index (χ4v) is 5.65. The van der Waals surface area contributed by atoms with Gasteiger partial charge in [-0.15, -0.1) is 0 Å². The van der Waals surface area contributed by atoms with Gasteiger partial charge in [-0.2, -0.15) is 5.26 Å². The standard InChI is InChI=1S/C34H27FN4O5/c35-27-13-24(15-32-37-29-7-6-22(34(40)41)14-30(29)39(32)18-25-9-11-42-25)31-16-26(27)28-2-1-3-33(38-28)44-19-23-5-4-20(17-36)12-21(23)8-10-43-31/h1-7,12-14,16,25H,8-11,15,18-19H2,(H,40,41)/t25-/m0/s1. The molecular formula is C34H27FN4O5. The van der Waals surface area contributed by atoms with Gasteiger partial charge in [0.2, 0.25) is 5.88 Å². The number of aromatic nitrogens is 3. The Morgan fingerprint density at radius 3 is 2.73 bits per heavy atom. The Kier molecular flexibility index (Phi) is 7.16. The lowest BCUT2D eigenvalue weighted by Crippen LogP contribution is -2.31. The highest BCUT2D eigenvalue weighted by Gasteiger charge is 2.24. The molecule has 0 unspecified atom stereocenters. The zero-order valence-corrected chi connectivity index (χ0v) is 23.6. The molecule has 10 heteroatoms.